The van der Waals surface area contributed by atoms with Gasteiger partial charge in [-0.1, -0.05) is 30.4 Å². The van der Waals surface area contributed by atoms with Crippen LogP contribution in [0.3, 0.4) is 0 Å². The molecule has 2 rings (SSSR count). The van der Waals surface area contributed by atoms with Crippen LogP contribution in [0.2, 0.25) is 0 Å². The van der Waals surface area contributed by atoms with Crippen LogP contribution < -0.4 is 5.32 Å². The summed E-state index contributed by atoms with van der Waals surface area (Å²) in [6.45, 7) is 8.02. The summed E-state index contributed by atoms with van der Waals surface area (Å²) >= 11 is 10.4. The van der Waals surface area contributed by atoms with Gasteiger partial charge in [0.05, 0.1) is 0 Å². The van der Waals surface area contributed by atoms with Crippen molar-refractivity contribution in [3.05, 3.63) is 59.4 Å². The number of aromatic nitrogens is 1. The Hall–Kier alpha value is -2.38. The fourth-order valence-electron chi connectivity index (χ4n) is 2.09. The lowest BCUT2D eigenvalue weighted by Crippen LogP contribution is -2.53. The van der Waals surface area contributed by atoms with Crippen molar-refractivity contribution in [2.24, 2.45) is 0 Å². The van der Waals surface area contributed by atoms with E-state index in [-0.39, 0.29) is 17.2 Å². The summed E-state index contributed by atoms with van der Waals surface area (Å²) in [7, 11) is 0. The summed E-state index contributed by atoms with van der Waals surface area (Å²) in [6.07, 6.45) is 6.55. The number of amides is 2. The van der Waals surface area contributed by atoms with E-state index in [9.17, 15) is 9.59 Å². The van der Waals surface area contributed by atoms with E-state index in [4.69, 9.17) is 24.4 Å². The number of carbonyl (C=O) groups is 2. The Morgan fingerprint density at radius 1 is 1.17 bits per heavy atom. The predicted octanol–water partition coefficient (Wildman–Crippen LogP) is 2.22. The minimum atomic E-state index is -0.533. The van der Waals surface area contributed by atoms with Crippen molar-refractivity contribution in [2.45, 2.75) is 6.54 Å². The molecule has 0 unspecified atom stereocenters. The van der Waals surface area contributed by atoms with E-state index in [0.717, 1.165) is 0 Å². The summed E-state index contributed by atoms with van der Waals surface area (Å²) in [5, 5.41) is 2.57. The molecular weight excluding hydrogens is 330 g/mol. The molecule has 23 heavy (non-hydrogen) atoms. The molecule has 0 bridgehead atoms. The van der Waals surface area contributed by atoms with E-state index in [2.05, 4.69) is 18.5 Å². The molecule has 7 heteroatoms. The van der Waals surface area contributed by atoms with Crippen molar-refractivity contribution in [2.75, 3.05) is 6.54 Å². The Kier molecular flexibility index (Phi) is 5.36. The molecule has 118 valence electrons. The summed E-state index contributed by atoms with van der Waals surface area (Å²) in [5.41, 5.74) is 0.595. The third-order valence-corrected chi connectivity index (χ3v) is 3.97. The van der Waals surface area contributed by atoms with Crippen molar-refractivity contribution < 1.29 is 9.59 Å². The van der Waals surface area contributed by atoms with Gasteiger partial charge in [0.1, 0.15) is 10.2 Å². The van der Waals surface area contributed by atoms with Gasteiger partial charge >= 0.3 is 0 Å². The van der Waals surface area contributed by atoms with Gasteiger partial charge in [-0.3, -0.25) is 19.8 Å². The average molecular weight is 345 g/mol. The summed E-state index contributed by atoms with van der Waals surface area (Å²) in [4.78, 5) is 25.8. The van der Waals surface area contributed by atoms with Crippen molar-refractivity contribution >= 4 is 47.4 Å². The number of carbonyl (C=O) groups excluding carboxylic acids is 2. The zero-order valence-electron chi connectivity index (χ0n) is 12.3. The molecule has 1 aliphatic heterocycles. The number of thiocarbonyl (C=S) groups is 1. The van der Waals surface area contributed by atoms with Crippen LogP contribution in [0.1, 0.15) is 5.56 Å². The number of hydrogen-bond acceptors (Lipinski definition) is 4. The van der Waals surface area contributed by atoms with Crippen LogP contribution in [0.15, 0.2) is 49.2 Å². The maximum absolute atomic E-state index is 12.5. The molecule has 0 saturated carbocycles. The molecule has 1 aliphatic rings. The third-order valence-electron chi connectivity index (χ3n) is 3.17. The molecule has 0 aliphatic carbocycles. The second-order valence-electron chi connectivity index (χ2n) is 4.73. The van der Waals surface area contributed by atoms with Gasteiger partial charge in [0.15, 0.2) is 5.11 Å². The Balaban J connectivity index is 2.47. The first-order chi connectivity index (χ1) is 11.0. The quantitative estimate of drug-likeness (QED) is 0.385. The smallest absolute Gasteiger partial charge is 0.265 e. The number of hydrogen-bond donors (Lipinski definition) is 1. The van der Waals surface area contributed by atoms with Crippen molar-refractivity contribution in [1.29, 1.82) is 0 Å². The normalized spacial score (nSPS) is 16.4. The minimum absolute atomic E-state index is 0.0112. The van der Waals surface area contributed by atoms with E-state index in [1.54, 1.807) is 28.9 Å². The number of allylic oxidation sites excluding steroid dienone is 1. The first-order valence-electron chi connectivity index (χ1n) is 6.79. The summed E-state index contributed by atoms with van der Waals surface area (Å²) in [5.74, 6) is -0.999. The third kappa shape index (κ3) is 3.52. The zero-order chi connectivity index (χ0) is 17.0. The first kappa shape index (κ1) is 17.0. The lowest BCUT2D eigenvalue weighted by molar-refractivity contribution is -0.128. The SMILES string of the molecule is C=CCN1C(=O)/C(=C/c2cccn(CC=C)c2=S)C(=O)NC1=S. The monoisotopic (exact) mass is 345 g/mol. The maximum Gasteiger partial charge on any atom is 0.265 e. The highest BCUT2D eigenvalue weighted by Crippen LogP contribution is 2.15. The Morgan fingerprint density at radius 2 is 1.87 bits per heavy atom. The van der Waals surface area contributed by atoms with Crippen LogP contribution in [0, 0.1) is 4.64 Å². The fourth-order valence-corrected chi connectivity index (χ4v) is 2.61. The van der Waals surface area contributed by atoms with Crippen molar-refractivity contribution in [3.8, 4) is 0 Å². The van der Waals surface area contributed by atoms with Crippen molar-refractivity contribution in [3.63, 3.8) is 0 Å². The van der Waals surface area contributed by atoms with E-state index in [0.29, 0.717) is 16.7 Å². The molecule has 1 aromatic rings. The molecule has 0 atom stereocenters. The highest BCUT2D eigenvalue weighted by atomic mass is 32.1. The predicted molar refractivity (Wildman–Crippen MR) is 96.1 cm³/mol. The molecule has 2 heterocycles. The van der Waals surface area contributed by atoms with Crippen LogP contribution in [-0.4, -0.2) is 32.9 Å². The van der Waals surface area contributed by atoms with Crippen LogP contribution >= 0.6 is 24.4 Å². The standard InChI is InChI=1S/C16H15N3O2S2/c1-3-7-18-9-5-6-11(15(18)22)10-12-13(20)17-16(23)19(8-4-2)14(12)21/h3-6,9-10H,1-2,7-8H2,(H,17,20,23)/b12-10+. The molecule has 1 aromatic heterocycles. The van der Waals surface area contributed by atoms with Crippen LogP contribution in [0.4, 0.5) is 0 Å². The Labute approximate surface area is 144 Å². The van der Waals surface area contributed by atoms with E-state index in [1.807, 2.05) is 6.20 Å². The second-order valence-corrected chi connectivity index (χ2v) is 5.50. The first-order valence-corrected chi connectivity index (χ1v) is 7.61. The van der Waals surface area contributed by atoms with Gasteiger partial charge in [-0.25, -0.2) is 0 Å². The summed E-state index contributed by atoms with van der Waals surface area (Å²) < 4.78 is 2.32. The fraction of sp³-hybridized carbons (Fsp3) is 0.125. The number of nitrogens with one attached hydrogen (secondary N) is 1. The highest BCUT2D eigenvalue weighted by molar-refractivity contribution is 7.80. The Bertz CT molecular complexity index is 793. The molecule has 0 radical (unpaired) electrons. The summed E-state index contributed by atoms with van der Waals surface area (Å²) in [6, 6.07) is 3.54. The van der Waals surface area contributed by atoms with Crippen molar-refractivity contribution in [1.82, 2.24) is 14.8 Å². The second kappa shape index (κ2) is 7.26. The van der Waals surface area contributed by atoms with E-state index in [1.165, 1.54) is 11.0 Å². The van der Waals surface area contributed by atoms with Crippen LogP contribution in [-0.2, 0) is 16.1 Å². The number of rotatable bonds is 5. The van der Waals surface area contributed by atoms with Gasteiger partial charge in [0.25, 0.3) is 11.8 Å². The molecular formula is C16H15N3O2S2. The van der Waals surface area contributed by atoms with Gasteiger partial charge in [0.2, 0.25) is 0 Å². The lowest BCUT2D eigenvalue weighted by atomic mass is 10.1. The zero-order valence-corrected chi connectivity index (χ0v) is 14.0. The van der Waals surface area contributed by atoms with Crippen LogP contribution in [0.5, 0.6) is 0 Å². The highest BCUT2D eigenvalue weighted by Gasteiger charge is 2.32. The van der Waals surface area contributed by atoms with E-state index < -0.39 is 11.8 Å². The molecule has 1 N–H and O–H groups in total. The van der Waals surface area contributed by atoms with Gasteiger partial charge in [-0.2, -0.15) is 0 Å². The van der Waals surface area contributed by atoms with Gasteiger partial charge in [-0.05, 0) is 24.4 Å². The van der Waals surface area contributed by atoms with E-state index >= 15 is 0 Å². The largest absolute Gasteiger partial charge is 0.335 e. The molecule has 5 nitrogen and oxygen atoms in total. The maximum atomic E-state index is 12.5. The van der Waals surface area contributed by atoms with Gasteiger partial charge < -0.3 is 4.57 Å². The number of pyridine rings is 1. The van der Waals surface area contributed by atoms with Gasteiger partial charge in [-0.15, -0.1) is 13.2 Å². The molecule has 1 saturated heterocycles. The molecule has 1 fully saturated rings. The number of nitrogens with zero attached hydrogens (tertiary/aromatic N) is 2. The van der Waals surface area contributed by atoms with Gasteiger partial charge in [0, 0.05) is 24.8 Å². The average Bonchev–Trinajstić information content (AvgIpc) is 2.51. The molecule has 0 aromatic carbocycles. The van der Waals surface area contributed by atoms with Crippen LogP contribution in [0.25, 0.3) is 6.08 Å². The molecule has 0 spiro atoms. The minimum Gasteiger partial charge on any atom is -0.335 e. The topological polar surface area (TPSA) is 54.3 Å². The lowest BCUT2D eigenvalue weighted by Gasteiger charge is -2.27. The molecule has 2 amide bonds. The Morgan fingerprint density at radius 3 is 2.52 bits per heavy atom.